The maximum absolute atomic E-state index is 6.12. The van der Waals surface area contributed by atoms with Crippen molar-refractivity contribution < 1.29 is 4.74 Å². The van der Waals surface area contributed by atoms with Gasteiger partial charge in [0.15, 0.2) is 0 Å². The van der Waals surface area contributed by atoms with E-state index >= 15 is 0 Å². The predicted molar refractivity (Wildman–Crippen MR) is 66.6 cm³/mol. The van der Waals surface area contributed by atoms with Gasteiger partial charge in [0.2, 0.25) is 0 Å². The van der Waals surface area contributed by atoms with Crippen LogP contribution in [0.5, 0.6) is 0 Å². The molecule has 0 aliphatic carbocycles. The van der Waals surface area contributed by atoms with Gasteiger partial charge in [0.25, 0.3) is 0 Å². The number of hydrogen-bond acceptors (Lipinski definition) is 2. The molecule has 1 aliphatic rings. The zero-order valence-electron chi connectivity index (χ0n) is 8.30. The van der Waals surface area contributed by atoms with Gasteiger partial charge in [0.1, 0.15) is 0 Å². The predicted octanol–water partition coefficient (Wildman–Crippen LogP) is 3.69. The number of hydrogen-bond donors (Lipinski definition) is 1. The average molecular weight is 291 g/mol. The van der Waals surface area contributed by atoms with Crippen LogP contribution in [0.4, 0.5) is 5.69 Å². The highest BCUT2D eigenvalue weighted by molar-refractivity contribution is 9.10. The first-order valence-electron chi connectivity index (χ1n) is 5.05. The van der Waals surface area contributed by atoms with Gasteiger partial charge in [-0.05, 0) is 31.0 Å². The SMILES string of the molecule is Clc1cc(Br)ccc1NC1CCCOC1. The lowest BCUT2D eigenvalue weighted by atomic mass is 10.1. The van der Waals surface area contributed by atoms with Crippen molar-refractivity contribution in [2.24, 2.45) is 0 Å². The van der Waals surface area contributed by atoms with E-state index in [-0.39, 0.29) is 0 Å². The van der Waals surface area contributed by atoms with Gasteiger partial charge in [0, 0.05) is 17.1 Å². The molecule has 1 fully saturated rings. The van der Waals surface area contributed by atoms with E-state index in [1.165, 1.54) is 0 Å². The van der Waals surface area contributed by atoms with Crippen LogP contribution >= 0.6 is 27.5 Å². The van der Waals surface area contributed by atoms with E-state index in [1.807, 2.05) is 18.2 Å². The van der Waals surface area contributed by atoms with Crippen molar-refractivity contribution in [3.05, 3.63) is 27.7 Å². The number of ether oxygens (including phenoxy) is 1. The molecule has 0 aromatic heterocycles. The molecule has 4 heteroatoms. The molecule has 2 nitrogen and oxygen atoms in total. The first kappa shape index (κ1) is 11.2. The molecule has 1 atom stereocenters. The molecular weight excluding hydrogens is 277 g/mol. The van der Waals surface area contributed by atoms with Crippen molar-refractivity contribution in [1.82, 2.24) is 0 Å². The molecule has 0 bridgehead atoms. The molecule has 1 aliphatic heterocycles. The Balaban J connectivity index is 2.03. The summed E-state index contributed by atoms with van der Waals surface area (Å²) >= 11 is 9.50. The number of anilines is 1. The highest BCUT2D eigenvalue weighted by atomic mass is 79.9. The Hall–Kier alpha value is -0.250. The summed E-state index contributed by atoms with van der Waals surface area (Å²) in [5, 5.41) is 4.14. The van der Waals surface area contributed by atoms with Gasteiger partial charge >= 0.3 is 0 Å². The lowest BCUT2D eigenvalue weighted by Crippen LogP contribution is -2.30. The molecule has 15 heavy (non-hydrogen) atoms. The molecule has 1 aromatic rings. The monoisotopic (exact) mass is 289 g/mol. The van der Waals surface area contributed by atoms with Crippen LogP contribution in [-0.4, -0.2) is 19.3 Å². The lowest BCUT2D eigenvalue weighted by Gasteiger charge is -2.24. The van der Waals surface area contributed by atoms with Crippen molar-refractivity contribution in [1.29, 1.82) is 0 Å². The quantitative estimate of drug-likeness (QED) is 0.897. The van der Waals surface area contributed by atoms with E-state index in [4.69, 9.17) is 16.3 Å². The largest absolute Gasteiger partial charge is 0.379 e. The van der Waals surface area contributed by atoms with Gasteiger partial charge in [-0.3, -0.25) is 0 Å². The fraction of sp³-hybridized carbons (Fsp3) is 0.455. The third kappa shape index (κ3) is 3.10. The molecule has 0 saturated carbocycles. The second-order valence-corrected chi connectivity index (χ2v) is 5.01. The Bertz CT molecular complexity index is 339. The van der Waals surface area contributed by atoms with Gasteiger partial charge in [-0.25, -0.2) is 0 Å². The minimum absolute atomic E-state index is 0.387. The van der Waals surface area contributed by atoms with E-state index < -0.39 is 0 Å². The fourth-order valence-electron chi connectivity index (χ4n) is 1.68. The Labute approximate surface area is 103 Å². The van der Waals surface area contributed by atoms with Gasteiger partial charge in [-0.2, -0.15) is 0 Å². The average Bonchev–Trinajstić information content (AvgIpc) is 2.24. The molecule has 1 heterocycles. The second kappa shape index (κ2) is 5.19. The van der Waals surface area contributed by atoms with E-state index in [0.29, 0.717) is 6.04 Å². The molecule has 1 unspecified atom stereocenters. The Morgan fingerprint density at radius 2 is 2.33 bits per heavy atom. The third-order valence-electron chi connectivity index (χ3n) is 2.45. The highest BCUT2D eigenvalue weighted by Crippen LogP contribution is 2.27. The molecule has 1 N–H and O–H groups in total. The molecular formula is C11H13BrClNO. The van der Waals surface area contributed by atoms with Crippen molar-refractivity contribution in [3.63, 3.8) is 0 Å². The van der Waals surface area contributed by atoms with E-state index in [0.717, 1.165) is 41.2 Å². The van der Waals surface area contributed by atoms with Gasteiger partial charge < -0.3 is 10.1 Å². The van der Waals surface area contributed by atoms with Crippen LogP contribution in [0.15, 0.2) is 22.7 Å². The zero-order valence-corrected chi connectivity index (χ0v) is 10.6. The second-order valence-electron chi connectivity index (χ2n) is 3.68. The summed E-state index contributed by atoms with van der Waals surface area (Å²) in [6.07, 6.45) is 2.26. The first-order valence-corrected chi connectivity index (χ1v) is 6.22. The van der Waals surface area contributed by atoms with Crippen LogP contribution < -0.4 is 5.32 Å². The lowest BCUT2D eigenvalue weighted by molar-refractivity contribution is 0.0876. The molecule has 0 radical (unpaired) electrons. The van der Waals surface area contributed by atoms with E-state index in [9.17, 15) is 0 Å². The third-order valence-corrected chi connectivity index (χ3v) is 3.26. The first-order chi connectivity index (χ1) is 7.25. The van der Waals surface area contributed by atoms with Crippen LogP contribution in [0.1, 0.15) is 12.8 Å². The summed E-state index contributed by atoms with van der Waals surface area (Å²) in [5.41, 5.74) is 0.982. The van der Waals surface area contributed by atoms with E-state index in [2.05, 4.69) is 21.2 Å². The van der Waals surface area contributed by atoms with Crippen LogP contribution in [0.3, 0.4) is 0 Å². The van der Waals surface area contributed by atoms with Gasteiger partial charge in [0.05, 0.1) is 17.3 Å². The van der Waals surface area contributed by atoms with Gasteiger partial charge in [-0.1, -0.05) is 27.5 Å². The number of rotatable bonds is 2. The summed E-state index contributed by atoms with van der Waals surface area (Å²) in [6.45, 7) is 1.65. The maximum Gasteiger partial charge on any atom is 0.0667 e. The minimum atomic E-state index is 0.387. The standard InChI is InChI=1S/C11H13BrClNO/c12-8-3-4-11(10(13)6-8)14-9-2-1-5-15-7-9/h3-4,6,9,14H,1-2,5,7H2. The molecule has 0 amide bonds. The van der Waals surface area contributed by atoms with Crippen molar-refractivity contribution >= 4 is 33.2 Å². The van der Waals surface area contributed by atoms with Crippen molar-refractivity contribution in [2.75, 3.05) is 18.5 Å². The van der Waals surface area contributed by atoms with Gasteiger partial charge in [-0.15, -0.1) is 0 Å². The summed E-state index contributed by atoms with van der Waals surface area (Å²) in [5.74, 6) is 0. The fourth-order valence-corrected chi connectivity index (χ4v) is 2.41. The number of benzene rings is 1. The van der Waals surface area contributed by atoms with Crippen molar-refractivity contribution in [2.45, 2.75) is 18.9 Å². The van der Waals surface area contributed by atoms with Crippen LogP contribution in [0.2, 0.25) is 5.02 Å². The van der Waals surface area contributed by atoms with Crippen LogP contribution in [-0.2, 0) is 4.74 Å². The summed E-state index contributed by atoms with van der Waals surface area (Å²) in [7, 11) is 0. The zero-order chi connectivity index (χ0) is 10.7. The number of halogens is 2. The smallest absolute Gasteiger partial charge is 0.0667 e. The maximum atomic E-state index is 6.12. The molecule has 0 spiro atoms. The normalized spacial score (nSPS) is 21.3. The highest BCUT2D eigenvalue weighted by Gasteiger charge is 2.14. The summed E-state index contributed by atoms with van der Waals surface area (Å²) < 4.78 is 6.40. The molecule has 2 rings (SSSR count). The summed E-state index contributed by atoms with van der Waals surface area (Å²) in [4.78, 5) is 0. The van der Waals surface area contributed by atoms with Crippen LogP contribution in [0, 0.1) is 0 Å². The van der Waals surface area contributed by atoms with Crippen molar-refractivity contribution in [3.8, 4) is 0 Å². The number of nitrogens with one attached hydrogen (secondary N) is 1. The van der Waals surface area contributed by atoms with Crippen LogP contribution in [0.25, 0.3) is 0 Å². The Kier molecular flexibility index (Phi) is 3.89. The summed E-state index contributed by atoms with van der Waals surface area (Å²) in [6, 6.07) is 6.25. The Morgan fingerprint density at radius 3 is 3.00 bits per heavy atom. The minimum Gasteiger partial charge on any atom is -0.379 e. The molecule has 1 aromatic carbocycles. The van der Waals surface area contributed by atoms with E-state index in [1.54, 1.807) is 0 Å². The Morgan fingerprint density at radius 1 is 1.47 bits per heavy atom. The topological polar surface area (TPSA) is 21.3 Å². The molecule has 1 saturated heterocycles. The molecule has 82 valence electrons.